The molecular weight excluding hydrogens is 240 g/mol. The van der Waals surface area contributed by atoms with Gasteiger partial charge in [-0.2, -0.15) is 0 Å². The smallest absolute Gasteiger partial charge is 0.329 e. The summed E-state index contributed by atoms with van der Waals surface area (Å²) in [6, 6.07) is 1.32. The summed E-state index contributed by atoms with van der Waals surface area (Å²) in [6.07, 6.45) is 2.43. The van der Waals surface area contributed by atoms with Crippen molar-refractivity contribution in [3.8, 4) is 5.88 Å². The fourth-order valence-corrected chi connectivity index (χ4v) is 2.11. The number of hydrogen-bond donors (Lipinski definition) is 2. The van der Waals surface area contributed by atoms with E-state index in [2.05, 4.69) is 10.5 Å². The lowest BCUT2D eigenvalue weighted by Crippen LogP contribution is -2.52. The molecule has 0 unspecified atom stereocenters. The fraction of sp³-hybridized carbons (Fsp3) is 0.545. The Bertz CT molecular complexity index is 462. The quantitative estimate of drug-likeness (QED) is 0.824. The van der Waals surface area contributed by atoms with E-state index in [9.17, 15) is 14.7 Å². The van der Waals surface area contributed by atoms with Crippen LogP contribution in [0.4, 0.5) is 0 Å². The molecule has 0 bridgehead atoms. The SMILES string of the molecule is COc1cc(C(=O)NC2(C(=O)O)CCCC2)on1. The van der Waals surface area contributed by atoms with Crippen LogP contribution in [0.2, 0.25) is 0 Å². The van der Waals surface area contributed by atoms with Gasteiger partial charge in [0.2, 0.25) is 5.76 Å². The molecule has 2 N–H and O–H groups in total. The minimum absolute atomic E-state index is 0.0561. The zero-order chi connectivity index (χ0) is 13.2. The summed E-state index contributed by atoms with van der Waals surface area (Å²) in [5.74, 6) is -1.48. The average molecular weight is 254 g/mol. The van der Waals surface area contributed by atoms with Gasteiger partial charge in [-0.25, -0.2) is 4.79 Å². The van der Waals surface area contributed by atoms with Gasteiger partial charge in [-0.15, -0.1) is 0 Å². The molecule has 0 atom stereocenters. The van der Waals surface area contributed by atoms with E-state index in [4.69, 9.17) is 9.26 Å². The molecule has 7 nitrogen and oxygen atoms in total. The van der Waals surface area contributed by atoms with Crippen molar-refractivity contribution in [2.75, 3.05) is 7.11 Å². The summed E-state index contributed by atoms with van der Waals surface area (Å²) in [5.41, 5.74) is -1.18. The van der Waals surface area contributed by atoms with Crippen LogP contribution in [0.5, 0.6) is 5.88 Å². The lowest BCUT2D eigenvalue weighted by Gasteiger charge is -2.24. The van der Waals surface area contributed by atoms with Crippen LogP contribution >= 0.6 is 0 Å². The van der Waals surface area contributed by atoms with E-state index in [1.807, 2.05) is 0 Å². The second-order valence-electron chi connectivity index (χ2n) is 4.28. The number of carboxylic acid groups (broad SMARTS) is 1. The molecule has 1 aliphatic carbocycles. The Morgan fingerprint density at radius 3 is 2.67 bits per heavy atom. The van der Waals surface area contributed by atoms with Crippen molar-refractivity contribution in [1.82, 2.24) is 10.5 Å². The van der Waals surface area contributed by atoms with E-state index in [0.29, 0.717) is 12.8 Å². The first-order valence-electron chi connectivity index (χ1n) is 5.64. The average Bonchev–Trinajstić information content (AvgIpc) is 2.97. The van der Waals surface area contributed by atoms with Gasteiger partial charge < -0.3 is 19.7 Å². The van der Waals surface area contributed by atoms with Crippen LogP contribution in [-0.4, -0.2) is 34.8 Å². The Morgan fingerprint density at radius 1 is 1.50 bits per heavy atom. The van der Waals surface area contributed by atoms with Crippen molar-refractivity contribution in [3.05, 3.63) is 11.8 Å². The number of ether oxygens (including phenoxy) is 1. The molecule has 98 valence electrons. The van der Waals surface area contributed by atoms with Crippen LogP contribution in [0.15, 0.2) is 10.6 Å². The van der Waals surface area contributed by atoms with E-state index < -0.39 is 17.4 Å². The maximum absolute atomic E-state index is 11.9. The molecule has 1 aromatic heterocycles. The number of carbonyl (C=O) groups excluding carboxylic acids is 1. The van der Waals surface area contributed by atoms with Crippen LogP contribution in [0.1, 0.15) is 36.2 Å². The predicted molar refractivity (Wildman–Crippen MR) is 59.4 cm³/mol. The lowest BCUT2D eigenvalue weighted by atomic mass is 9.98. The summed E-state index contributed by atoms with van der Waals surface area (Å²) < 4.78 is 9.56. The van der Waals surface area contributed by atoms with Crippen LogP contribution < -0.4 is 10.1 Å². The summed E-state index contributed by atoms with van der Waals surface area (Å²) in [6.45, 7) is 0. The molecule has 7 heteroatoms. The Balaban J connectivity index is 2.12. The number of nitrogens with zero attached hydrogens (tertiary/aromatic N) is 1. The van der Waals surface area contributed by atoms with Gasteiger partial charge in [-0.05, 0) is 18.0 Å². The molecule has 2 rings (SSSR count). The van der Waals surface area contributed by atoms with Crippen molar-refractivity contribution in [2.45, 2.75) is 31.2 Å². The maximum Gasteiger partial charge on any atom is 0.329 e. The minimum Gasteiger partial charge on any atom is -0.480 e. The van der Waals surface area contributed by atoms with Crippen LogP contribution in [0, 0.1) is 0 Å². The summed E-state index contributed by atoms with van der Waals surface area (Å²) in [5, 5.41) is 15.2. The van der Waals surface area contributed by atoms with E-state index in [-0.39, 0.29) is 11.6 Å². The molecule has 1 heterocycles. The van der Waals surface area contributed by atoms with Gasteiger partial charge in [-0.1, -0.05) is 12.8 Å². The van der Waals surface area contributed by atoms with E-state index in [1.54, 1.807) is 0 Å². The lowest BCUT2D eigenvalue weighted by molar-refractivity contribution is -0.144. The maximum atomic E-state index is 11.9. The molecule has 1 aromatic rings. The Labute approximate surface area is 103 Å². The molecule has 0 spiro atoms. The van der Waals surface area contributed by atoms with E-state index >= 15 is 0 Å². The molecular formula is C11H14N2O5. The molecule has 0 aliphatic heterocycles. The number of aliphatic carboxylic acids is 1. The molecule has 1 aliphatic rings. The van der Waals surface area contributed by atoms with Gasteiger partial charge in [0.15, 0.2) is 0 Å². The third-order valence-corrected chi connectivity index (χ3v) is 3.14. The molecule has 0 saturated heterocycles. The van der Waals surface area contributed by atoms with Crippen molar-refractivity contribution >= 4 is 11.9 Å². The number of methoxy groups -OCH3 is 1. The Hall–Kier alpha value is -2.05. The minimum atomic E-state index is -1.18. The van der Waals surface area contributed by atoms with Crippen LogP contribution in [-0.2, 0) is 4.79 Å². The van der Waals surface area contributed by atoms with E-state index in [0.717, 1.165) is 12.8 Å². The van der Waals surface area contributed by atoms with Crippen molar-refractivity contribution in [2.24, 2.45) is 0 Å². The van der Waals surface area contributed by atoms with Crippen LogP contribution in [0.25, 0.3) is 0 Å². The first kappa shape index (κ1) is 12.4. The zero-order valence-electron chi connectivity index (χ0n) is 9.93. The van der Waals surface area contributed by atoms with Crippen LogP contribution in [0.3, 0.4) is 0 Å². The summed E-state index contributed by atoms with van der Waals surface area (Å²) in [4.78, 5) is 23.1. The van der Waals surface area contributed by atoms with E-state index in [1.165, 1.54) is 13.2 Å². The number of carboxylic acids is 1. The van der Waals surface area contributed by atoms with Crippen molar-refractivity contribution in [3.63, 3.8) is 0 Å². The molecule has 1 saturated carbocycles. The highest BCUT2D eigenvalue weighted by Gasteiger charge is 2.43. The fourth-order valence-electron chi connectivity index (χ4n) is 2.11. The second kappa shape index (κ2) is 4.67. The summed E-state index contributed by atoms with van der Waals surface area (Å²) >= 11 is 0. The number of rotatable bonds is 4. The number of carbonyl (C=O) groups is 2. The topological polar surface area (TPSA) is 102 Å². The zero-order valence-corrected chi connectivity index (χ0v) is 9.93. The third kappa shape index (κ3) is 2.15. The monoisotopic (exact) mass is 254 g/mol. The number of aromatic nitrogens is 1. The predicted octanol–water partition coefficient (Wildman–Crippen LogP) is 0.810. The molecule has 1 fully saturated rings. The first-order valence-corrected chi connectivity index (χ1v) is 5.64. The first-order chi connectivity index (χ1) is 8.57. The highest BCUT2D eigenvalue weighted by Crippen LogP contribution is 2.30. The molecule has 1 amide bonds. The standard InChI is InChI=1S/C11H14N2O5/c1-17-8-6-7(18-13-8)9(14)12-11(10(15)16)4-2-3-5-11/h6H,2-5H2,1H3,(H,12,14)(H,15,16). The van der Waals surface area contributed by atoms with Crippen molar-refractivity contribution in [1.29, 1.82) is 0 Å². The van der Waals surface area contributed by atoms with Gasteiger partial charge in [0.05, 0.1) is 13.2 Å². The normalized spacial score (nSPS) is 17.4. The van der Waals surface area contributed by atoms with Gasteiger partial charge in [-0.3, -0.25) is 4.79 Å². The number of nitrogens with one attached hydrogen (secondary N) is 1. The third-order valence-electron chi connectivity index (χ3n) is 3.14. The number of hydrogen-bond acceptors (Lipinski definition) is 5. The van der Waals surface area contributed by atoms with Gasteiger partial charge in [0, 0.05) is 0 Å². The highest BCUT2D eigenvalue weighted by molar-refractivity contribution is 5.96. The summed E-state index contributed by atoms with van der Waals surface area (Å²) in [7, 11) is 1.40. The highest BCUT2D eigenvalue weighted by atomic mass is 16.5. The molecule has 18 heavy (non-hydrogen) atoms. The number of amides is 1. The Kier molecular flexibility index (Phi) is 3.22. The molecule has 0 aromatic carbocycles. The van der Waals surface area contributed by atoms with Gasteiger partial charge in [0.25, 0.3) is 11.8 Å². The second-order valence-corrected chi connectivity index (χ2v) is 4.28. The van der Waals surface area contributed by atoms with Gasteiger partial charge in [0.1, 0.15) is 5.54 Å². The van der Waals surface area contributed by atoms with Gasteiger partial charge >= 0.3 is 5.97 Å². The van der Waals surface area contributed by atoms with Crippen molar-refractivity contribution < 1.29 is 24.0 Å². The molecule has 0 radical (unpaired) electrons. The Morgan fingerprint density at radius 2 is 2.17 bits per heavy atom. The largest absolute Gasteiger partial charge is 0.480 e.